The van der Waals surface area contributed by atoms with Crippen LogP contribution in [0.5, 0.6) is 0 Å². The van der Waals surface area contributed by atoms with Gasteiger partial charge in [0.15, 0.2) is 0 Å². The van der Waals surface area contributed by atoms with E-state index in [1.165, 1.54) is 47.4 Å². The SMILES string of the molecule is Cc1ccc(-c2ccccc2)c2c1Sc1cccc(C3=CC=C[C@H](C)C3)c1S2. The van der Waals surface area contributed by atoms with Crippen molar-refractivity contribution in [3.05, 3.63) is 90.0 Å². The van der Waals surface area contributed by atoms with Crippen LogP contribution in [0.3, 0.4) is 0 Å². The molecule has 0 amide bonds. The third-order valence-corrected chi connectivity index (χ3v) is 8.23. The molecule has 0 N–H and O–H groups in total. The van der Waals surface area contributed by atoms with Crippen molar-refractivity contribution in [3.8, 4) is 11.1 Å². The van der Waals surface area contributed by atoms with Crippen molar-refractivity contribution >= 4 is 29.1 Å². The van der Waals surface area contributed by atoms with E-state index in [4.69, 9.17) is 0 Å². The molecule has 3 aromatic rings. The Balaban J connectivity index is 1.65. The molecule has 1 aliphatic carbocycles. The number of hydrogen-bond donors (Lipinski definition) is 0. The van der Waals surface area contributed by atoms with Gasteiger partial charge in [0.25, 0.3) is 0 Å². The minimum absolute atomic E-state index is 0.603. The second-order valence-corrected chi connectivity index (χ2v) is 9.62. The quantitative estimate of drug-likeness (QED) is 0.333. The van der Waals surface area contributed by atoms with Crippen LogP contribution in [-0.4, -0.2) is 0 Å². The van der Waals surface area contributed by atoms with Gasteiger partial charge >= 0.3 is 0 Å². The lowest BCUT2D eigenvalue weighted by Gasteiger charge is -2.26. The van der Waals surface area contributed by atoms with Crippen LogP contribution in [0.15, 0.2) is 98.5 Å². The van der Waals surface area contributed by atoms with E-state index in [0.29, 0.717) is 5.92 Å². The van der Waals surface area contributed by atoms with E-state index in [9.17, 15) is 0 Å². The molecule has 1 atom stereocenters. The van der Waals surface area contributed by atoms with E-state index in [1.54, 1.807) is 0 Å². The lowest BCUT2D eigenvalue weighted by molar-refractivity contribution is 0.747. The fourth-order valence-corrected chi connectivity index (χ4v) is 6.68. The smallest absolute Gasteiger partial charge is 0.0343 e. The second kappa shape index (κ2) is 7.35. The van der Waals surface area contributed by atoms with Crippen LogP contribution in [0, 0.1) is 12.8 Å². The highest BCUT2D eigenvalue weighted by atomic mass is 32.2. The molecule has 138 valence electrons. The summed E-state index contributed by atoms with van der Waals surface area (Å²) in [5, 5.41) is 0. The number of hydrogen-bond acceptors (Lipinski definition) is 2. The van der Waals surface area contributed by atoms with Crippen molar-refractivity contribution in [1.29, 1.82) is 0 Å². The van der Waals surface area contributed by atoms with E-state index < -0.39 is 0 Å². The Hall–Kier alpha value is -2.16. The maximum Gasteiger partial charge on any atom is 0.0343 e. The molecular weight excluding hydrogens is 376 g/mol. The second-order valence-electron chi connectivity index (χ2n) is 7.55. The molecule has 1 aliphatic heterocycles. The summed E-state index contributed by atoms with van der Waals surface area (Å²) in [5.74, 6) is 0.603. The molecule has 0 nitrogen and oxygen atoms in total. The number of allylic oxidation sites excluding steroid dienone is 4. The Labute approximate surface area is 175 Å². The summed E-state index contributed by atoms with van der Waals surface area (Å²) in [6.45, 7) is 4.53. The van der Waals surface area contributed by atoms with Gasteiger partial charge in [0, 0.05) is 19.6 Å². The molecule has 3 aromatic carbocycles. The predicted molar refractivity (Wildman–Crippen MR) is 122 cm³/mol. The Kier molecular flexibility index (Phi) is 4.70. The lowest BCUT2D eigenvalue weighted by atomic mass is 9.91. The highest BCUT2D eigenvalue weighted by molar-refractivity contribution is 8.05. The monoisotopic (exact) mass is 398 g/mol. The van der Waals surface area contributed by atoms with Crippen LogP contribution in [0.1, 0.15) is 24.5 Å². The minimum Gasteiger partial charge on any atom is -0.0874 e. The topological polar surface area (TPSA) is 0 Å². The van der Waals surface area contributed by atoms with Gasteiger partial charge in [-0.1, -0.05) is 103 Å². The summed E-state index contributed by atoms with van der Waals surface area (Å²) < 4.78 is 0. The van der Waals surface area contributed by atoms with Gasteiger partial charge in [-0.2, -0.15) is 0 Å². The van der Waals surface area contributed by atoms with Crippen LogP contribution < -0.4 is 0 Å². The number of benzene rings is 3. The highest BCUT2D eigenvalue weighted by Crippen LogP contribution is 2.55. The molecule has 0 bridgehead atoms. The van der Waals surface area contributed by atoms with Crippen molar-refractivity contribution in [2.75, 3.05) is 0 Å². The van der Waals surface area contributed by atoms with Crippen molar-refractivity contribution < 1.29 is 0 Å². The Morgan fingerprint density at radius 3 is 2.46 bits per heavy atom. The molecule has 0 saturated heterocycles. The van der Waals surface area contributed by atoms with Gasteiger partial charge in [-0.25, -0.2) is 0 Å². The van der Waals surface area contributed by atoms with Gasteiger partial charge < -0.3 is 0 Å². The van der Waals surface area contributed by atoms with Gasteiger partial charge in [0.1, 0.15) is 0 Å². The van der Waals surface area contributed by atoms with Crippen molar-refractivity contribution in [2.45, 2.75) is 39.9 Å². The first kappa shape index (κ1) is 17.9. The molecule has 2 aliphatic rings. The largest absolute Gasteiger partial charge is 0.0874 e. The molecule has 0 unspecified atom stereocenters. The van der Waals surface area contributed by atoms with E-state index in [-0.39, 0.29) is 0 Å². The van der Waals surface area contributed by atoms with Gasteiger partial charge in [0.05, 0.1) is 0 Å². The zero-order valence-electron chi connectivity index (χ0n) is 16.1. The number of rotatable bonds is 2. The molecule has 0 saturated carbocycles. The number of fused-ring (bicyclic) bond motifs is 2. The van der Waals surface area contributed by atoms with E-state index >= 15 is 0 Å². The maximum atomic E-state index is 2.30. The molecule has 5 rings (SSSR count). The van der Waals surface area contributed by atoms with Crippen molar-refractivity contribution in [1.82, 2.24) is 0 Å². The van der Waals surface area contributed by atoms with Crippen LogP contribution in [-0.2, 0) is 0 Å². The molecule has 0 aromatic heterocycles. The molecular formula is C26H22S2. The van der Waals surface area contributed by atoms with Gasteiger partial charge in [0.2, 0.25) is 0 Å². The van der Waals surface area contributed by atoms with Crippen LogP contribution >= 0.6 is 23.5 Å². The summed E-state index contributed by atoms with van der Waals surface area (Å²) in [6.07, 6.45) is 7.93. The van der Waals surface area contributed by atoms with Crippen LogP contribution in [0.2, 0.25) is 0 Å². The fraction of sp³-hybridized carbons (Fsp3) is 0.154. The Morgan fingerprint density at radius 2 is 1.64 bits per heavy atom. The van der Waals surface area contributed by atoms with Gasteiger partial charge in [-0.3, -0.25) is 0 Å². The summed E-state index contributed by atoms with van der Waals surface area (Å²) in [7, 11) is 0. The lowest BCUT2D eigenvalue weighted by Crippen LogP contribution is -2.02. The number of aryl methyl sites for hydroxylation is 1. The van der Waals surface area contributed by atoms with Crippen molar-refractivity contribution in [3.63, 3.8) is 0 Å². The van der Waals surface area contributed by atoms with E-state index in [0.717, 1.165) is 6.42 Å². The van der Waals surface area contributed by atoms with Gasteiger partial charge in [-0.05, 0) is 53.2 Å². The predicted octanol–water partition coefficient (Wildman–Crippen LogP) is 8.26. The fourth-order valence-electron chi connectivity index (χ4n) is 3.94. The normalized spacial score (nSPS) is 17.6. The first-order valence-corrected chi connectivity index (χ1v) is 11.4. The van der Waals surface area contributed by atoms with E-state index in [2.05, 4.69) is 92.7 Å². The summed E-state index contributed by atoms with van der Waals surface area (Å²) in [6, 6.07) is 22.1. The summed E-state index contributed by atoms with van der Waals surface area (Å²) >= 11 is 3.88. The molecule has 0 radical (unpaired) electrons. The summed E-state index contributed by atoms with van der Waals surface area (Å²) in [4.78, 5) is 5.60. The zero-order valence-corrected chi connectivity index (χ0v) is 17.7. The van der Waals surface area contributed by atoms with Crippen LogP contribution in [0.4, 0.5) is 0 Å². The minimum atomic E-state index is 0.603. The average Bonchev–Trinajstić information content (AvgIpc) is 2.73. The molecule has 28 heavy (non-hydrogen) atoms. The molecule has 0 fully saturated rings. The van der Waals surface area contributed by atoms with Crippen molar-refractivity contribution in [2.24, 2.45) is 5.92 Å². The first-order chi connectivity index (χ1) is 13.7. The zero-order chi connectivity index (χ0) is 19.1. The third-order valence-electron chi connectivity index (χ3n) is 5.41. The van der Waals surface area contributed by atoms with Crippen LogP contribution in [0.25, 0.3) is 16.7 Å². The first-order valence-electron chi connectivity index (χ1n) is 9.76. The Bertz CT molecular complexity index is 1110. The Morgan fingerprint density at radius 1 is 0.786 bits per heavy atom. The molecule has 1 heterocycles. The molecule has 0 spiro atoms. The maximum absolute atomic E-state index is 2.30. The average molecular weight is 399 g/mol. The molecule has 2 heteroatoms. The highest BCUT2D eigenvalue weighted by Gasteiger charge is 2.25. The summed E-state index contributed by atoms with van der Waals surface area (Å²) in [5.41, 5.74) is 6.85. The third kappa shape index (κ3) is 3.15. The van der Waals surface area contributed by atoms with Gasteiger partial charge in [-0.15, -0.1) is 0 Å². The van der Waals surface area contributed by atoms with E-state index in [1.807, 2.05) is 23.5 Å². The standard InChI is InChI=1S/C26H22S2/c1-17-8-6-11-20(16-17)21-12-7-13-23-25(21)28-26-22(19-9-4-3-5-10-19)15-14-18(2)24(26)27-23/h3-15,17H,16H2,1-2H3/t17-/m0/s1.